The highest BCUT2D eigenvalue weighted by atomic mass is 16.6. The van der Waals surface area contributed by atoms with Crippen LogP contribution in [0.4, 0.5) is 0 Å². The highest BCUT2D eigenvalue weighted by molar-refractivity contribution is 5.76. The number of likely N-dealkylation sites (tertiary alicyclic amines) is 1. The molecule has 1 unspecified atom stereocenters. The lowest BCUT2D eigenvalue weighted by Crippen LogP contribution is -2.37. The minimum Gasteiger partial charge on any atom is -0.394 e. The maximum atomic E-state index is 12.3. The fourth-order valence-corrected chi connectivity index (χ4v) is 4.78. The molecule has 0 aromatic rings. The number of unbranched alkanes of at least 4 members (excludes halogenated alkanes) is 13. The van der Waals surface area contributed by atoms with E-state index in [4.69, 9.17) is 4.84 Å². The highest BCUT2D eigenvalue weighted by Crippen LogP contribution is 2.16. The Morgan fingerprint density at radius 3 is 2.09 bits per heavy atom. The first-order chi connectivity index (χ1) is 17.1. The zero-order chi connectivity index (χ0) is 25.6. The first-order valence-electron chi connectivity index (χ1n) is 14.4. The van der Waals surface area contributed by atoms with E-state index in [0.717, 1.165) is 32.1 Å². The van der Waals surface area contributed by atoms with Crippen LogP contribution in [0.2, 0.25) is 0 Å². The molecule has 2 N–H and O–H groups in total. The Hall–Kier alpha value is -1.63. The first kappa shape index (κ1) is 31.4. The lowest BCUT2D eigenvalue weighted by atomic mass is 10.0. The molecule has 204 valence electrons. The number of aliphatic hydroxyl groups is 1. The quantitative estimate of drug-likeness (QED) is 0.107. The van der Waals surface area contributed by atoms with Crippen molar-refractivity contribution in [2.45, 2.75) is 141 Å². The van der Waals surface area contributed by atoms with Crippen molar-refractivity contribution in [2.75, 3.05) is 19.7 Å². The van der Waals surface area contributed by atoms with Gasteiger partial charge in [-0.3, -0.25) is 9.59 Å². The molecule has 1 aliphatic heterocycles. The molecule has 0 radical (unpaired) electrons. The third-order valence-electron chi connectivity index (χ3n) is 7.01. The minimum atomic E-state index is -0.220. The average Bonchev–Trinajstić information content (AvgIpc) is 3.32. The Morgan fingerprint density at radius 2 is 1.51 bits per heavy atom. The molecule has 0 saturated carbocycles. The molecule has 0 spiro atoms. The topological polar surface area (TPSA) is 91.2 Å². The normalized spacial score (nSPS) is 16.3. The SMILES string of the molecule is C=NO[C@H]1CCN(C(=O)CCCCC(CO)NC(=O)CCCCCCCCCCCCCCC)C1. The van der Waals surface area contributed by atoms with E-state index in [9.17, 15) is 14.7 Å². The van der Waals surface area contributed by atoms with Gasteiger partial charge in [0.25, 0.3) is 0 Å². The molecule has 2 amide bonds. The van der Waals surface area contributed by atoms with Crippen LogP contribution in [0, 0.1) is 0 Å². The van der Waals surface area contributed by atoms with Crippen molar-refractivity contribution in [3.8, 4) is 0 Å². The summed E-state index contributed by atoms with van der Waals surface area (Å²) in [5.41, 5.74) is 0. The van der Waals surface area contributed by atoms with Gasteiger partial charge in [0.1, 0.15) is 6.10 Å². The van der Waals surface area contributed by atoms with Crippen LogP contribution in [0.5, 0.6) is 0 Å². The molecule has 1 rings (SSSR count). The number of oxime groups is 1. The summed E-state index contributed by atoms with van der Waals surface area (Å²) in [6, 6.07) is -0.220. The molecule has 1 saturated heterocycles. The predicted octanol–water partition coefficient (Wildman–Crippen LogP) is 5.74. The van der Waals surface area contributed by atoms with Crippen LogP contribution in [-0.2, 0) is 14.4 Å². The fraction of sp³-hybridized carbons (Fsp3) is 0.893. The molecular formula is C28H53N3O4. The van der Waals surface area contributed by atoms with Crippen molar-refractivity contribution in [2.24, 2.45) is 5.16 Å². The number of carbonyl (C=O) groups excluding carboxylic acids is 2. The van der Waals surface area contributed by atoms with Gasteiger partial charge in [0.15, 0.2) is 0 Å². The van der Waals surface area contributed by atoms with Gasteiger partial charge in [-0.2, -0.15) is 0 Å². The molecule has 1 heterocycles. The number of carbonyl (C=O) groups is 2. The molecule has 0 aromatic heterocycles. The molecule has 7 heteroatoms. The van der Waals surface area contributed by atoms with Crippen molar-refractivity contribution in [3.63, 3.8) is 0 Å². The first-order valence-corrected chi connectivity index (χ1v) is 14.4. The number of aliphatic hydroxyl groups excluding tert-OH is 1. The van der Waals surface area contributed by atoms with Gasteiger partial charge in [0.2, 0.25) is 11.8 Å². The summed E-state index contributed by atoms with van der Waals surface area (Å²) in [5, 5.41) is 16.0. The van der Waals surface area contributed by atoms with E-state index >= 15 is 0 Å². The number of hydrogen-bond acceptors (Lipinski definition) is 5. The highest BCUT2D eigenvalue weighted by Gasteiger charge is 2.27. The van der Waals surface area contributed by atoms with E-state index in [1.165, 1.54) is 70.6 Å². The summed E-state index contributed by atoms with van der Waals surface area (Å²) in [4.78, 5) is 31.4. The van der Waals surface area contributed by atoms with Crippen LogP contribution in [0.1, 0.15) is 129 Å². The van der Waals surface area contributed by atoms with E-state index in [-0.39, 0.29) is 30.6 Å². The van der Waals surface area contributed by atoms with Crippen molar-refractivity contribution >= 4 is 18.5 Å². The van der Waals surface area contributed by atoms with Crippen molar-refractivity contribution in [3.05, 3.63) is 0 Å². The summed E-state index contributed by atoms with van der Waals surface area (Å²) >= 11 is 0. The van der Waals surface area contributed by atoms with Crippen LogP contribution < -0.4 is 5.32 Å². The van der Waals surface area contributed by atoms with E-state index in [1.54, 1.807) is 0 Å². The van der Waals surface area contributed by atoms with Gasteiger partial charge in [-0.1, -0.05) is 90.4 Å². The predicted molar refractivity (Wildman–Crippen MR) is 143 cm³/mol. The third kappa shape index (κ3) is 16.6. The van der Waals surface area contributed by atoms with Crippen LogP contribution in [0.15, 0.2) is 5.16 Å². The second-order valence-electron chi connectivity index (χ2n) is 10.2. The molecule has 1 fully saturated rings. The lowest BCUT2D eigenvalue weighted by Gasteiger charge is -2.18. The van der Waals surface area contributed by atoms with Crippen LogP contribution >= 0.6 is 0 Å². The number of nitrogens with one attached hydrogen (secondary N) is 1. The second-order valence-corrected chi connectivity index (χ2v) is 10.2. The van der Waals surface area contributed by atoms with Gasteiger partial charge in [0.05, 0.1) is 19.2 Å². The summed E-state index contributed by atoms with van der Waals surface area (Å²) in [5.74, 6) is 0.161. The molecule has 0 aromatic carbocycles. The van der Waals surface area contributed by atoms with Crippen LogP contribution in [0.25, 0.3) is 0 Å². The van der Waals surface area contributed by atoms with E-state index in [2.05, 4.69) is 24.1 Å². The maximum Gasteiger partial charge on any atom is 0.222 e. The summed E-state index contributed by atoms with van der Waals surface area (Å²) in [7, 11) is 0. The Kier molecular flexibility index (Phi) is 19.4. The van der Waals surface area contributed by atoms with Gasteiger partial charge in [-0.25, -0.2) is 0 Å². The number of rotatable bonds is 23. The monoisotopic (exact) mass is 495 g/mol. The summed E-state index contributed by atoms with van der Waals surface area (Å²) in [6.45, 7) is 6.80. The summed E-state index contributed by atoms with van der Waals surface area (Å²) < 4.78 is 0. The van der Waals surface area contributed by atoms with Gasteiger partial charge in [-0.05, 0) is 19.3 Å². The number of nitrogens with zero attached hydrogens (tertiary/aromatic N) is 2. The van der Waals surface area contributed by atoms with Crippen molar-refractivity contribution in [1.82, 2.24) is 10.2 Å². The minimum absolute atomic E-state index is 0.0298. The van der Waals surface area contributed by atoms with E-state index in [0.29, 0.717) is 32.4 Å². The molecule has 7 nitrogen and oxygen atoms in total. The average molecular weight is 496 g/mol. The Balaban J connectivity index is 1.95. The largest absolute Gasteiger partial charge is 0.394 e. The summed E-state index contributed by atoms with van der Waals surface area (Å²) in [6.07, 6.45) is 20.8. The lowest BCUT2D eigenvalue weighted by molar-refractivity contribution is -0.130. The fourth-order valence-electron chi connectivity index (χ4n) is 4.78. The van der Waals surface area contributed by atoms with Gasteiger partial charge < -0.3 is 20.2 Å². The Labute approximate surface area is 214 Å². The van der Waals surface area contributed by atoms with Crippen LogP contribution in [0.3, 0.4) is 0 Å². The van der Waals surface area contributed by atoms with E-state index < -0.39 is 0 Å². The standard InChI is InChI=1S/C28H53N3O4/c1-3-4-5-6-7-8-9-10-11-12-13-14-15-19-27(33)30-25(24-32)18-16-17-20-28(34)31-22-21-26(23-31)35-29-2/h25-26,32H,2-24H2,1H3,(H,30,33)/t25?,26-/m0/s1. The zero-order valence-corrected chi connectivity index (χ0v) is 22.5. The molecule has 2 atom stereocenters. The molecule has 1 aliphatic rings. The number of hydrogen-bond donors (Lipinski definition) is 2. The van der Waals surface area contributed by atoms with Gasteiger partial charge in [0, 0.05) is 32.5 Å². The molecular weight excluding hydrogens is 442 g/mol. The zero-order valence-electron chi connectivity index (χ0n) is 22.5. The third-order valence-corrected chi connectivity index (χ3v) is 7.01. The second kappa shape index (κ2) is 21.6. The molecule has 0 bridgehead atoms. The molecule has 0 aliphatic carbocycles. The Bertz CT molecular complexity index is 558. The van der Waals surface area contributed by atoms with Crippen molar-refractivity contribution in [1.29, 1.82) is 0 Å². The van der Waals surface area contributed by atoms with E-state index in [1.807, 2.05) is 4.90 Å². The molecule has 35 heavy (non-hydrogen) atoms. The maximum absolute atomic E-state index is 12.3. The van der Waals surface area contributed by atoms with Gasteiger partial charge >= 0.3 is 0 Å². The Morgan fingerprint density at radius 1 is 0.943 bits per heavy atom. The van der Waals surface area contributed by atoms with Crippen molar-refractivity contribution < 1.29 is 19.5 Å². The van der Waals surface area contributed by atoms with Gasteiger partial charge in [-0.15, -0.1) is 5.16 Å². The van der Waals surface area contributed by atoms with Crippen LogP contribution in [-0.4, -0.2) is 60.4 Å². The number of amides is 2. The smallest absolute Gasteiger partial charge is 0.222 e.